The molecule has 0 amide bonds. The molecule has 204 valence electrons. The predicted molar refractivity (Wildman–Crippen MR) is 148 cm³/mol. The highest BCUT2D eigenvalue weighted by molar-refractivity contribution is 6.08. The lowest BCUT2D eigenvalue weighted by Crippen LogP contribution is -2.32. The van der Waals surface area contributed by atoms with Crippen LogP contribution in [0.2, 0.25) is 0 Å². The summed E-state index contributed by atoms with van der Waals surface area (Å²) in [5.74, 6) is -0.400. The van der Waals surface area contributed by atoms with Crippen molar-refractivity contribution in [2.24, 2.45) is 0 Å². The molecule has 8 nitrogen and oxygen atoms in total. The van der Waals surface area contributed by atoms with E-state index in [1.54, 1.807) is 0 Å². The van der Waals surface area contributed by atoms with Gasteiger partial charge in [-0.05, 0) is 64.3 Å². The molecule has 0 aliphatic carbocycles. The monoisotopic (exact) mass is 532 g/mol. The van der Waals surface area contributed by atoms with E-state index in [1.165, 1.54) is 12.4 Å². The zero-order valence-electron chi connectivity index (χ0n) is 23.1. The number of anilines is 2. The Morgan fingerprint density at radius 1 is 1.10 bits per heavy atom. The van der Waals surface area contributed by atoms with Crippen LogP contribution in [-0.2, 0) is 16.1 Å². The van der Waals surface area contributed by atoms with Crippen molar-refractivity contribution < 1.29 is 23.8 Å². The summed E-state index contributed by atoms with van der Waals surface area (Å²) in [4.78, 5) is 23.7. The van der Waals surface area contributed by atoms with Crippen LogP contribution in [0, 0.1) is 20.8 Å². The molecule has 0 spiro atoms. The van der Waals surface area contributed by atoms with Crippen molar-refractivity contribution in [3.8, 4) is 16.9 Å². The number of hydrogen-bond acceptors (Lipinski definition) is 6. The van der Waals surface area contributed by atoms with Crippen LogP contribution in [-0.4, -0.2) is 44.6 Å². The molecular formula is C30H33FN4O4. The van der Waals surface area contributed by atoms with E-state index >= 15 is 0 Å². The van der Waals surface area contributed by atoms with Crippen LogP contribution in [0.15, 0.2) is 42.7 Å². The van der Waals surface area contributed by atoms with Crippen LogP contribution in [0.4, 0.5) is 16.0 Å². The fourth-order valence-electron chi connectivity index (χ4n) is 5.42. The van der Waals surface area contributed by atoms with Crippen LogP contribution in [0.1, 0.15) is 49.3 Å². The predicted octanol–water partition coefficient (Wildman–Crippen LogP) is 6.42. The molecule has 1 N–H and O–H groups in total. The number of nitrogens with zero attached hydrogens (tertiary/aromatic N) is 4. The van der Waals surface area contributed by atoms with Crippen molar-refractivity contribution in [3.63, 3.8) is 0 Å². The Hall–Kier alpha value is -3.98. The largest absolute Gasteiger partial charge is 0.479 e. The van der Waals surface area contributed by atoms with Gasteiger partial charge in [0.25, 0.3) is 0 Å². The van der Waals surface area contributed by atoms with E-state index in [4.69, 9.17) is 9.47 Å². The number of halogens is 1. The maximum atomic E-state index is 12.8. The van der Waals surface area contributed by atoms with E-state index in [-0.39, 0.29) is 5.75 Å². The molecule has 39 heavy (non-hydrogen) atoms. The first kappa shape index (κ1) is 26.6. The van der Waals surface area contributed by atoms with Gasteiger partial charge in [-0.15, -0.1) is 0 Å². The zero-order valence-corrected chi connectivity index (χ0v) is 23.1. The van der Waals surface area contributed by atoms with Gasteiger partial charge in [0, 0.05) is 29.7 Å². The Morgan fingerprint density at radius 3 is 2.36 bits per heavy atom. The molecule has 0 saturated carbocycles. The summed E-state index contributed by atoms with van der Waals surface area (Å²) in [5, 5.41) is 11.4. The van der Waals surface area contributed by atoms with Gasteiger partial charge in [-0.1, -0.05) is 29.8 Å². The van der Waals surface area contributed by atoms with Gasteiger partial charge in [0.1, 0.15) is 0 Å². The molecule has 0 saturated heterocycles. The van der Waals surface area contributed by atoms with Gasteiger partial charge >= 0.3 is 5.97 Å². The van der Waals surface area contributed by atoms with Gasteiger partial charge in [0.15, 0.2) is 11.9 Å². The Balaban J connectivity index is 1.85. The van der Waals surface area contributed by atoms with Crippen molar-refractivity contribution >= 4 is 28.5 Å². The average molecular weight is 533 g/mol. The molecule has 5 rings (SSSR count). The first-order chi connectivity index (χ1) is 18.5. The van der Waals surface area contributed by atoms with E-state index in [9.17, 15) is 14.3 Å². The summed E-state index contributed by atoms with van der Waals surface area (Å²) in [5.41, 5.74) is 6.46. The maximum Gasteiger partial charge on any atom is 0.337 e. The lowest BCUT2D eigenvalue weighted by Gasteiger charge is -2.35. The van der Waals surface area contributed by atoms with Gasteiger partial charge in [0.2, 0.25) is 12.8 Å². The molecule has 0 fully saturated rings. The molecule has 1 aliphatic heterocycles. The molecule has 4 aromatic rings. The second-order valence-electron chi connectivity index (χ2n) is 10.9. The Morgan fingerprint density at radius 2 is 1.77 bits per heavy atom. The van der Waals surface area contributed by atoms with E-state index in [0.29, 0.717) is 24.6 Å². The SMILES string of the molecule is Cc1ccc(-c2c([C@H](OC(C)(C)C)C(=O)O)c(C)c3c4c2cc(C)n4CCN3c2ncc(OCF)cn2)cc1. The van der Waals surface area contributed by atoms with E-state index in [0.717, 1.165) is 44.5 Å². The van der Waals surface area contributed by atoms with Gasteiger partial charge in [-0.2, -0.15) is 0 Å². The summed E-state index contributed by atoms with van der Waals surface area (Å²) in [6.45, 7) is 11.9. The molecule has 2 aromatic heterocycles. The third-order valence-corrected chi connectivity index (χ3v) is 7.02. The fraction of sp³-hybridized carbons (Fsp3) is 0.367. The summed E-state index contributed by atoms with van der Waals surface area (Å²) >= 11 is 0. The minimum absolute atomic E-state index is 0.235. The number of carboxylic acid groups (broad SMARTS) is 1. The molecule has 3 heterocycles. The summed E-state index contributed by atoms with van der Waals surface area (Å²) in [6.07, 6.45) is 1.67. The number of alkyl halides is 1. The summed E-state index contributed by atoms with van der Waals surface area (Å²) < 4.78 is 26.0. The summed E-state index contributed by atoms with van der Waals surface area (Å²) in [7, 11) is 0. The Bertz CT molecular complexity index is 1540. The highest BCUT2D eigenvalue weighted by Crippen LogP contribution is 2.49. The first-order valence-electron chi connectivity index (χ1n) is 12.9. The minimum Gasteiger partial charge on any atom is -0.479 e. The number of rotatable bonds is 7. The molecule has 0 radical (unpaired) electrons. The zero-order chi connectivity index (χ0) is 28.1. The van der Waals surface area contributed by atoms with Crippen molar-refractivity contribution in [1.29, 1.82) is 0 Å². The van der Waals surface area contributed by atoms with Crippen molar-refractivity contribution in [1.82, 2.24) is 14.5 Å². The third-order valence-electron chi connectivity index (χ3n) is 7.02. The van der Waals surface area contributed by atoms with Gasteiger partial charge in [-0.3, -0.25) is 0 Å². The van der Waals surface area contributed by atoms with Gasteiger partial charge in [-0.25, -0.2) is 19.2 Å². The first-order valence-corrected chi connectivity index (χ1v) is 12.9. The molecule has 2 aromatic carbocycles. The van der Waals surface area contributed by atoms with Crippen LogP contribution < -0.4 is 9.64 Å². The van der Waals surface area contributed by atoms with Crippen molar-refractivity contribution in [2.75, 3.05) is 18.3 Å². The number of aromatic nitrogens is 3. The van der Waals surface area contributed by atoms with E-state index in [2.05, 4.69) is 27.5 Å². The third kappa shape index (κ3) is 4.83. The topological polar surface area (TPSA) is 89.7 Å². The lowest BCUT2D eigenvalue weighted by atomic mass is 9.87. The fourth-order valence-corrected chi connectivity index (χ4v) is 5.42. The number of aliphatic carboxylic acids is 1. The number of carboxylic acids is 1. The van der Waals surface area contributed by atoms with Crippen LogP contribution in [0.3, 0.4) is 0 Å². The average Bonchev–Trinajstić information content (AvgIpc) is 3.22. The van der Waals surface area contributed by atoms with Crippen LogP contribution >= 0.6 is 0 Å². The molecule has 1 aliphatic rings. The van der Waals surface area contributed by atoms with E-state index < -0.39 is 24.5 Å². The quantitative estimate of drug-likeness (QED) is 0.294. The van der Waals surface area contributed by atoms with Gasteiger partial charge < -0.3 is 24.0 Å². The number of carbonyl (C=O) groups is 1. The molecule has 0 bridgehead atoms. The Kier molecular flexibility index (Phi) is 6.80. The maximum absolute atomic E-state index is 12.8. The second kappa shape index (κ2) is 9.96. The highest BCUT2D eigenvalue weighted by atomic mass is 19.1. The van der Waals surface area contributed by atoms with Crippen molar-refractivity contribution in [3.05, 3.63) is 65.1 Å². The normalized spacial score (nSPS) is 14.1. The minimum atomic E-state index is -1.21. The van der Waals surface area contributed by atoms with Gasteiger partial charge in [0.05, 0.1) is 29.2 Å². The van der Waals surface area contributed by atoms with E-state index in [1.807, 2.05) is 63.8 Å². The second-order valence-corrected chi connectivity index (χ2v) is 10.9. The summed E-state index contributed by atoms with van der Waals surface area (Å²) in [6, 6.07) is 10.3. The highest BCUT2D eigenvalue weighted by Gasteiger charge is 2.36. The van der Waals surface area contributed by atoms with Crippen LogP contribution in [0.25, 0.3) is 22.0 Å². The molecule has 0 unspecified atom stereocenters. The Labute approximate surface area is 227 Å². The molecule has 9 heteroatoms. The number of ether oxygens (including phenoxy) is 2. The standard InChI is InChI=1S/C30H33FN4O4/c1-17-7-9-20(10-8-17)24-22-13-18(2)34-11-12-35(29-32-14-21(15-33-29)38-16-31)25(26(22)34)19(3)23(24)27(28(36)37)39-30(4,5)6/h7-10,13-15,27H,11-12,16H2,1-6H3,(H,36,37)/t27-/m0/s1. The molecule has 1 atom stereocenters. The van der Waals surface area contributed by atoms with Crippen molar-refractivity contribution in [2.45, 2.75) is 59.8 Å². The lowest BCUT2D eigenvalue weighted by molar-refractivity contribution is -0.160. The smallest absolute Gasteiger partial charge is 0.337 e. The molecular weight excluding hydrogens is 499 g/mol. The van der Waals surface area contributed by atoms with Crippen LogP contribution in [0.5, 0.6) is 5.75 Å². The number of benzene rings is 2. The number of aryl methyl sites for hydroxylation is 2. The number of hydrogen-bond donors (Lipinski definition) is 1.